The van der Waals surface area contributed by atoms with E-state index in [1.807, 2.05) is 0 Å². The molecule has 1 aliphatic rings. The van der Waals surface area contributed by atoms with Gasteiger partial charge in [-0.15, -0.1) is 0 Å². The number of carboxylic acids is 1. The van der Waals surface area contributed by atoms with Crippen molar-refractivity contribution >= 4 is 5.97 Å². The number of rotatable bonds is 5. The first-order valence-electron chi connectivity index (χ1n) is 6.07. The molecule has 1 aliphatic carbocycles. The van der Waals surface area contributed by atoms with Gasteiger partial charge in [0.1, 0.15) is 6.61 Å². The molecule has 0 radical (unpaired) electrons. The Morgan fingerprint density at radius 2 is 2.37 bits per heavy atom. The van der Waals surface area contributed by atoms with E-state index in [0.717, 1.165) is 18.5 Å². The van der Waals surface area contributed by atoms with Gasteiger partial charge in [-0.1, -0.05) is 0 Å². The van der Waals surface area contributed by atoms with E-state index in [1.54, 1.807) is 24.7 Å². The maximum atomic E-state index is 11.0. The molecule has 19 heavy (non-hydrogen) atoms. The van der Waals surface area contributed by atoms with Crippen molar-refractivity contribution in [3.8, 4) is 5.75 Å². The molecule has 98 valence electrons. The Balaban J connectivity index is 1.75. The summed E-state index contributed by atoms with van der Waals surface area (Å²) in [6.45, 7) is 0.294. The highest BCUT2D eigenvalue weighted by molar-refractivity contribution is 5.88. The van der Waals surface area contributed by atoms with E-state index < -0.39 is 5.97 Å². The number of nitrogens with zero attached hydrogens (tertiary/aromatic N) is 3. The summed E-state index contributed by atoms with van der Waals surface area (Å²) in [6.07, 6.45) is 7.30. The molecule has 0 saturated heterocycles. The summed E-state index contributed by atoms with van der Waals surface area (Å²) in [5.74, 6) is -0.815. The molecule has 0 spiro atoms. The Labute approximate surface area is 109 Å². The predicted molar refractivity (Wildman–Crippen MR) is 66.0 cm³/mol. The zero-order valence-electron chi connectivity index (χ0n) is 10.2. The van der Waals surface area contributed by atoms with Crippen molar-refractivity contribution in [1.29, 1.82) is 0 Å². The monoisotopic (exact) mass is 259 g/mol. The maximum absolute atomic E-state index is 11.0. The highest BCUT2D eigenvalue weighted by Gasteiger charge is 2.25. The Hall–Kier alpha value is -2.37. The van der Waals surface area contributed by atoms with Gasteiger partial charge in [0.05, 0.1) is 18.2 Å². The third-order valence-corrected chi connectivity index (χ3v) is 3.04. The average Bonchev–Trinajstić information content (AvgIpc) is 3.15. The Morgan fingerprint density at radius 3 is 3.11 bits per heavy atom. The van der Waals surface area contributed by atoms with Crippen molar-refractivity contribution in [3.63, 3.8) is 0 Å². The zero-order valence-corrected chi connectivity index (χ0v) is 10.2. The zero-order chi connectivity index (χ0) is 13.2. The molecule has 0 amide bonds. The lowest BCUT2D eigenvalue weighted by Gasteiger charge is -2.10. The van der Waals surface area contributed by atoms with Crippen LogP contribution in [0.5, 0.6) is 5.75 Å². The van der Waals surface area contributed by atoms with Gasteiger partial charge in [-0.05, 0) is 25.0 Å². The quantitative estimate of drug-likeness (QED) is 0.887. The number of pyridine rings is 1. The molecule has 2 aromatic rings. The van der Waals surface area contributed by atoms with Crippen LogP contribution in [0.25, 0.3) is 0 Å². The van der Waals surface area contributed by atoms with Crippen molar-refractivity contribution in [2.24, 2.45) is 0 Å². The fourth-order valence-corrected chi connectivity index (χ4v) is 1.94. The first-order chi connectivity index (χ1) is 9.25. The van der Waals surface area contributed by atoms with Crippen LogP contribution in [0.4, 0.5) is 0 Å². The fraction of sp³-hybridized carbons (Fsp3) is 0.308. The molecule has 0 aliphatic heterocycles. The normalized spacial score (nSPS) is 14.3. The molecule has 0 atom stereocenters. The number of hydrogen-bond acceptors (Lipinski definition) is 4. The van der Waals surface area contributed by atoms with Crippen LogP contribution in [0.3, 0.4) is 0 Å². The van der Waals surface area contributed by atoms with E-state index >= 15 is 0 Å². The molecule has 1 N–H and O–H groups in total. The molecular formula is C13H13N3O3. The van der Waals surface area contributed by atoms with E-state index in [4.69, 9.17) is 9.84 Å². The summed E-state index contributed by atoms with van der Waals surface area (Å²) in [5.41, 5.74) is 0.877. The summed E-state index contributed by atoms with van der Waals surface area (Å²) in [7, 11) is 0. The van der Waals surface area contributed by atoms with E-state index in [1.165, 1.54) is 6.20 Å². The first kappa shape index (κ1) is 11.7. The number of ether oxygens (including phenoxy) is 1. The molecule has 1 fully saturated rings. The van der Waals surface area contributed by atoms with Gasteiger partial charge >= 0.3 is 5.97 Å². The highest BCUT2D eigenvalue weighted by atomic mass is 16.5. The van der Waals surface area contributed by atoms with Gasteiger partial charge < -0.3 is 14.4 Å². The van der Waals surface area contributed by atoms with Gasteiger partial charge in [0.2, 0.25) is 0 Å². The Bertz CT molecular complexity index is 605. The van der Waals surface area contributed by atoms with Crippen molar-refractivity contribution in [2.75, 3.05) is 0 Å². The standard InChI is InChI=1S/C13H13N3O3/c17-13(18)12-11(2-1-5-15-12)19-7-10-6-14-8-16(10)9-3-4-9/h1-2,5-6,8-9H,3-4,7H2,(H,17,18). The van der Waals surface area contributed by atoms with Gasteiger partial charge in [0.25, 0.3) is 0 Å². The first-order valence-corrected chi connectivity index (χ1v) is 6.07. The highest BCUT2D eigenvalue weighted by Crippen LogP contribution is 2.35. The van der Waals surface area contributed by atoms with Crippen LogP contribution in [0.1, 0.15) is 35.1 Å². The van der Waals surface area contributed by atoms with Crippen LogP contribution in [0, 0.1) is 0 Å². The second-order valence-electron chi connectivity index (χ2n) is 4.47. The summed E-state index contributed by atoms with van der Waals surface area (Å²) in [6, 6.07) is 3.78. The van der Waals surface area contributed by atoms with Gasteiger partial charge in [-0.25, -0.2) is 14.8 Å². The van der Waals surface area contributed by atoms with Crippen molar-refractivity contribution < 1.29 is 14.6 Å². The summed E-state index contributed by atoms with van der Waals surface area (Å²) < 4.78 is 7.64. The summed E-state index contributed by atoms with van der Waals surface area (Å²) in [5, 5.41) is 9.02. The van der Waals surface area contributed by atoms with E-state index in [9.17, 15) is 4.79 Å². The smallest absolute Gasteiger partial charge is 0.358 e. The van der Waals surface area contributed by atoms with Crippen LogP contribution < -0.4 is 4.74 Å². The number of aromatic nitrogens is 3. The van der Waals surface area contributed by atoms with Gasteiger partial charge in [0.15, 0.2) is 11.4 Å². The lowest BCUT2D eigenvalue weighted by molar-refractivity contribution is 0.0684. The summed E-state index contributed by atoms with van der Waals surface area (Å²) >= 11 is 0. The minimum absolute atomic E-state index is 0.0695. The molecule has 3 rings (SSSR count). The third-order valence-electron chi connectivity index (χ3n) is 3.04. The van der Waals surface area contributed by atoms with Crippen molar-refractivity contribution in [1.82, 2.24) is 14.5 Å². The van der Waals surface area contributed by atoms with Crippen LogP contribution in [0.15, 0.2) is 30.9 Å². The number of carbonyl (C=O) groups is 1. The molecule has 6 heteroatoms. The molecule has 2 heterocycles. The molecule has 0 aromatic carbocycles. The maximum Gasteiger partial charge on any atom is 0.358 e. The van der Waals surface area contributed by atoms with Crippen molar-refractivity contribution in [2.45, 2.75) is 25.5 Å². The second-order valence-corrected chi connectivity index (χ2v) is 4.47. The molecule has 0 bridgehead atoms. The molecule has 1 saturated carbocycles. The number of imidazole rings is 1. The van der Waals surface area contributed by atoms with E-state index in [0.29, 0.717) is 12.6 Å². The lowest BCUT2D eigenvalue weighted by atomic mass is 10.3. The van der Waals surface area contributed by atoms with Crippen LogP contribution in [-0.4, -0.2) is 25.6 Å². The number of hydrogen-bond donors (Lipinski definition) is 1. The minimum Gasteiger partial charge on any atom is -0.485 e. The van der Waals surface area contributed by atoms with E-state index in [-0.39, 0.29) is 11.4 Å². The van der Waals surface area contributed by atoms with Crippen LogP contribution in [-0.2, 0) is 6.61 Å². The Morgan fingerprint density at radius 1 is 1.53 bits per heavy atom. The number of carboxylic acid groups (broad SMARTS) is 1. The minimum atomic E-state index is -1.09. The van der Waals surface area contributed by atoms with E-state index in [2.05, 4.69) is 14.5 Å². The van der Waals surface area contributed by atoms with Gasteiger partial charge in [-0.3, -0.25) is 0 Å². The van der Waals surface area contributed by atoms with Crippen molar-refractivity contribution in [3.05, 3.63) is 42.2 Å². The predicted octanol–water partition coefficient (Wildman–Crippen LogP) is 1.89. The van der Waals surface area contributed by atoms with Gasteiger partial charge in [-0.2, -0.15) is 0 Å². The molecule has 0 unspecified atom stereocenters. The third kappa shape index (κ3) is 2.42. The average molecular weight is 259 g/mol. The largest absolute Gasteiger partial charge is 0.485 e. The van der Waals surface area contributed by atoms with Gasteiger partial charge in [0, 0.05) is 12.2 Å². The Kier molecular flexibility index (Phi) is 2.91. The molecule has 6 nitrogen and oxygen atoms in total. The molecular weight excluding hydrogens is 246 g/mol. The second kappa shape index (κ2) is 4.72. The molecule has 2 aromatic heterocycles. The van der Waals surface area contributed by atoms with Crippen LogP contribution in [0.2, 0.25) is 0 Å². The number of aromatic carboxylic acids is 1. The summed E-state index contributed by atoms with van der Waals surface area (Å²) in [4.78, 5) is 18.9. The lowest BCUT2D eigenvalue weighted by Crippen LogP contribution is -2.08. The fourth-order valence-electron chi connectivity index (χ4n) is 1.94. The SMILES string of the molecule is O=C(O)c1ncccc1OCc1cncn1C1CC1. The topological polar surface area (TPSA) is 77.2 Å². The van der Waals surface area contributed by atoms with Crippen LogP contribution >= 0.6 is 0 Å².